The van der Waals surface area contributed by atoms with Gasteiger partial charge in [-0.15, -0.1) is 0 Å². The lowest BCUT2D eigenvalue weighted by atomic mass is 9.86. The Kier molecular flexibility index (Phi) is 1.35. The molecule has 0 aromatic rings. The van der Waals surface area contributed by atoms with E-state index in [2.05, 4.69) is 0 Å². The van der Waals surface area contributed by atoms with Crippen LogP contribution in [0.2, 0.25) is 0 Å². The average molecular weight is 169 g/mol. The van der Waals surface area contributed by atoms with Gasteiger partial charge in [0.25, 0.3) is 5.91 Å². The number of carbonyl (C=O) groups is 1. The summed E-state index contributed by atoms with van der Waals surface area (Å²) < 4.78 is 0. The van der Waals surface area contributed by atoms with Crippen molar-refractivity contribution in [2.24, 2.45) is 11.8 Å². The zero-order valence-corrected chi connectivity index (χ0v) is 7.74. The summed E-state index contributed by atoms with van der Waals surface area (Å²) in [5, 5.41) is 10.1. The van der Waals surface area contributed by atoms with Crippen molar-refractivity contribution < 1.29 is 9.90 Å². The Morgan fingerprint density at radius 3 is 2.50 bits per heavy atom. The topological polar surface area (TPSA) is 40.5 Å². The van der Waals surface area contributed by atoms with Gasteiger partial charge in [0.2, 0.25) is 0 Å². The number of rotatable bonds is 1. The molecule has 0 aromatic heterocycles. The molecular formula is C9H15NO2. The molecule has 3 atom stereocenters. The van der Waals surface area contributed by atoms with E-state index in [-0.39, 0.29) is 17.7 Å². The molecule has 1 amide bonds. The monoisotopic (exact) mass is 169 g/mol. The molecule has 0 bridgehead atoms. The molecule has 1 aliphatic carbocycles. The van der Waals surface area contributed by atoms with Crippen LogP contribution >= 0.6 is 0 Å². The average Bonchev–Trinajstić information content (AvgIpc) is 2.74. The molecule has 0 spiro atoms. The van der Waals surface area contributed by atoms with E-state index in [0.29, 0.717) is 6.04 Å². The molecule has 2 aliphatic rings. The van der Waals surface area contributed by atoms with Crippen LogP contribution < -0.4 is 0 Å². The molecule has 2 fully saturated rings. The van der Waals surface area contributed by atoms with Crippen LogP contribution in [0.3, 0.4) is 0 Å². The fourth-order valence-electron chi connectivity index (χ4n) is 2.35. The largest absolute Gasteiger partial charge is 0.379 e. The van der Waals surface area contributed by atoms with Crippen LogP contribution in [0.4, 0.5) is 0 Å². The summed E-state index contributed by atoms with van der Waals surface area (Å²) in [5.74, 6) is 0.152. The van der Waals surface area contributed by atoms with E-state index < -0.39 is 5.60 Å². The van der Waals surface area contributed by atoms with Gasteiger partial charge < -0.3 is 10.0 Å². The highest BCUT2D eigenvalue weighted by molar-refractivity contribution is 5.90. The number of nitrogens with zero attached hydrogens (tertiary/aromatic N) is 1. The fourth-order valence-corrected chi connectivity index (χ4v) is 2.35. The molecule has 1 saturated heterocycles. The molecule has 12 heavy (non-hydrogen) atoms. The third kappa shape index (κ3) is 0.678. The van der Waals surface area contributed by atoms with Gasteiger partial charge in [0.15, 0.2) is 0 Å². The first kappa shape index (κ1) is 8.05. The molecule has 2 rings (SSSR count). The normalized spacial score (nSPS) is 45.4. The second-order valence-electron chi connectivity index (χ2n) is 4.31. The Morgan fingerprint density at radius 2 is 2.25 bits per heavy atom. The first-order chi connectivity index (χ1) is 5.49. The van der Waals surface area contributed by atoms with Gasteiger partial charge >= 0.3 is 0 Å². The summed E-state index contributed by atoms with van der Waals surface area (Å²) in [6.07, 6.45) is 0.983. The smallest absolute Gasteiger partial charge is 0.255 e. The zero-order valence-electron chi connectivity index (χ0n) is 7.74. The summed E-state index contributed by atoms with van der Waals surface area (Å²) in [4.78, 5) is 13.3. The number of aliphatic hydroxyl groups is 1. The highest BCUT2D eigenvalue weighted by Gasteiger charge is 2.67. The van der Waals surface area contributed by atoms with Crippen LogP contribution in [0.5, 0.6) is 0 Å². The Morgan fingerprint density at radius 1 is 1.67 bits per heavy atom. The molecule has 1 heterocycles. The highest BCUT2D eigenvalue weighted by Crippen LogP contribution is 2.53. The lowest BCUT2D eigenvalue weighted by Gasteiger charge is -2.28. The number of carbonyl (C=O) groups excluding carboxylic acids is 1. The number of piperidine rings is 1. The maximum absolute atomic E-state index is 11.6. The first-order valence-corrected chi connectivity index (χ1v) is 4.49. The fraction of sp³-hybridized carbons (Fsp3) is 0.889. The predicted octanol–water partition coefficient (Wildman–Crippen LogP) is 0.234. The maximum atomic E-state index is 11.6. The van der Waals surface area contributed by atoms with Crippen molar-refractivity contribution in [2.75, 3.05) is 7.05 Å². The number of amides is 1. The number of likely N-dealkylation sites (N-methyl/N-ethyl adjacent to an activating group) is 1. The van der Waals surface area contributed by atoms with Crippen LogP contribution in [0.1, 0.15) is 20.3 Å². The van der Waals surface area contributed by atoms with Gasteiger partial charge in [-0.2, -0.15) is 0 Å². The van der Waals surface area contributed by atoms with Crippen LogP contribution in [0, 0.1) is 11.8 Å². The molecule has 3 nitrogen and oxygen atoms in total. The van der Waals surface area contributed by atoms with Gasteiger partial charge in [0.1, 0.15) is 5.60 Å². The van der Waals surface area contributed by atoms with E-state index in [0.717, 1.165) is 6.42 Å². The molecule has 0 unspecified atom stereocenters. The Hall–Kier alpha value is -0.570. The van der Waals surface area contributed by atoms with Crippen LogP contribution in [0.15, 0.2) is 0 Å². The van der Waals surface area contributed by atoms with Gasteiger partial charge in [-0.1, -0.05) is 13.8 Å². The summed E-state index contributed by atoms with van der Waals surface area (Å²) in [7, 11) is 1.79. The Labute approximate surface area is 72.4 Å². The van der Waals surface area contributed by atoms with Gasteiger partial charge in [0.05, 0.1) is 0 Å². The van der Waals surface area contributed by atoms with Crippen molar-refractivity contribution in [1.29, 1.82) is 0 Å². The highest BCUT2D eigenvalue weighted by atomic mass is 16.3. The molecule has 68 valence electrons. The third-order valence-corrected chi connectivity index (χ3v) is 3.36. The number of fused-ring (bicyclic) bond motifs is 1. The minimum absolute atomic E-state index is 0.0324. The molecular weight excluding hydrogens is 154 g/mol. The number of hydrogen-bond acceptors (Lipinski definition) is 2. The van der Waals surface area contributed by atoms with Gasteiger partial charge in [0, 0.05) is 19.0 Å². The molecule has 1 aliphatic heterocycles. The Balaban J connectivity index is 2.32. The van der Waals surface area contributed by atoms with Crippen molar-refractivity contribution >= 4 is 5.91 Å². The predicted molar refractivity (Wildman–Crippen MR) is 44.5 cm³/mol. The molecule has 0 radical (unpaired) electrons. The van der Waals surface area contributed by atoms with Crippen LogP contribution in [-0.4, -0.2) is 34.6 Å². The zero-order chi connectivity index (χ0) is 9.09. The van der Waals surface area contributed by atoms with Crippen LogP contribution in [-0.2, 0) is 4.79 Å². The van der Waals surface area contributed by atoms with E-state index >= 15 is 0 Å². The minimum atomic E-state index is -1.06. The molecule has 3 heteroatoms. The second kappa shape index (κ2) is 2.02. The Bertz CT molecular complexity index is 239. The van der Waals surface area contributed by atoms with Crippen molar-refractivity contribution in [3.63, 3.8) is 0 Å². The van der Waals surface area contributed by atoms with Gasteiger partial charge in [-0.25, -0.2) is 0 Å². The summed E-state index contributed by atoms with van der Waals surface area (Å²) in [6, 6.07) is 0.324. The number of likely N-dealkylation sites (tertiary alicyclic amines) is 1. The van der Waals surface area contributed by atoms with Crippen molar-refractivity contribution in [1.82, 2.24) is 4.90 Å². The van der Waals surface area contributed by atoms with E-state index in [9.17, 15) is 9.90 Å². The lowest BCUT2D eigenvalue weighted by Crippen LogP contribution is -2.47. The van der Waals surface area contributed by atoms with Gasteiger partial charge in [-0.05, 0) is 12.3 Å². The maximum Gasteiger partial charge on any atom is 0.255 e. The van der Waals surface area contributed by atoms with E-state index in [1.54, 1.807) is 11.9 Å². The number of hydrogen-bond donors (Lipinski definition) is 1. The van der Waals surface area contributed by atoms with Crippen LogP contribution in [0.25, 0.3) is 0 Å². The summed E-state index contributed by atoms with van der Waals surface area (Å²) in [5.41, 5.74) is -1.06. The standard InChI is InChI=1S/C9H15NO2/c1-5(2)9(12)6-4-7(6)10(3)8(9)11/h5-7,12H,4H2,1-3H3/t6-,7+,9-/m0/s1. The van der Waals surface area contributed by atoms with E-state index in [1.165, 1.54) is 0 Å². The second-order valence-corrected chi connectivity index (χ2v) is 4.31. The third-order valence-electron chi connectivity index (χ3n) is 3.36. The molecule has 0 aromatic carbocycles. The van der Waals surface area contributed by atoms with Gasteiger partial charge in [-0.3, -0.25) is 4.79 Å². The van der Waals surface area contributed by atoms with Crippen molar-refractivity contribution in [3.05, 3.63) is 0 Å². The van der Waals surface area contributed by atoms with E-state index in [4.69, 9.17) is 0 Å². The summed E-state index contributed by atoms with van der Waals surface area (Å²) in [6.45, 7) is 3.82. The first-order valence-electron chi connectivity index (χ1n) is 4.49. The van der Waals surface area contributed by atoms with E-state index in [1.807, 2.05) is 13.8 Å². The van der Waals surface area contributed by atoms with Crippen molar-refractivity contribution in [3.8, 4) is 0 Å². The molecule has 1 N–H and O–H groups in total. The quantitative estimate of drug-likeness (QED) is 0.610. The summed E-state index contributed by atoms with van der Waals surface area (Å²) >= 11 is 0. The minimum Gasteiger partial charge on any atom is -0.379 e. The SMILES string of the molecule is CC(C)[C@@]1(O)C(=O)N(C)[C@@H]2C[C@@H]21. The van der Waals surface area contributed by atoms with Crippen molar-refractivity contribution in [2.45, 2.75) is 31.9 Å². The molecule has 1 saturated carbocycles. The lowest BCUT2D eigenvalue weighted by molar-refractivity contribution is -0.150.